The molecule has 2 aromatic rings. The van der Waals surface area contributed by atoms with Gasteiger partial charge in [-0.05, 0) is 36.4 Å². The minimum Gasteiger partial charge on any atom is -0.356 e. The Kier molecular flexibility index (Phi) is 5.28. The second-order valence-electron chi connectivity index (χ2n) is 4.15. The van der Waals surface area contributed by atoms with Crippen LogP contribution in [0.15, 0.2) is 54.6 Å². The molecular weight excluding hydrogens is 266 g/mol. The third-order valence-electron chi connectivity index (χ3n) is 2.53. The van der Waals surface area contributed by atoms with E-state index in [0.29, 0.717) is 5.75 Å². The molecule has 1 N–H and O–H groups in total. The van der Waals surface area contributed by atoms with Gasteiger partial charge in [-0.1, -0.05) is 41.8 Å². The lowest BCUT2D eigenvalue weighted by Crippen LogP contribution is -1.89. The Morgan fingerprint density at radius 1 is 1.05 bits per heavy atom. The molecule has 0 radical (unpaired) electrons. The highest BCUT2D eigenvalue weighted by Crippen LogP contribution is 2.16. The largest absolute Gasteiger partial charge is 0.356 e. The van der Waals surface area contributed by atoms with E-state index in [1.54, 1.807) is 6.92 Å². The van der Waals surface area contributed by atoms with Gasteiger partial charge in [0.05, 0.1) is 5.75 Å². The lowest BCUT2D eigenvalue weighted by Gasteiger charge is -2.05. The van der Waals surface area contributed by atoms with Crippen LogP contribution in [0, 0.1) is 11.8 Å². The molecule has 0 bridgehead atoms. The molecule has 0 unspecified atom stereocenters. The minimum atomic E-state index is 0.0988. The van der Waals surface area contributed by atoms with Crippen molar-refractivity contribution in [3.63, 3.8) is 0 Å². The zero-order chi connectivity index (χ0) is 14.2. The maximum atomic E-state index is 10.8. The molecular formula is C17H15NOS. The number of benzene rings is 2. The number of hydrogen-bond donors (Lipinski definition) is 1. The van der Waals surface area contributed by atoms with Crippen molar-refractivity contribution in [3.8, 4) is 11.8 Å². The highest BCUT2D eigenvalue weighted by Gasteiger charge is 1.94. The monoisotopic (exact) mass is 281 g/mol. The summed E-state index contributed by atoms with van der Waals surface area (Å²) in [5.74, 6) is 6.56. The van der Waals surface area contributed by atoms with Gasteiger partial charge in [0.25, 0.3) is 0 Å². The van der Waals surface area contributed by atoms with Crippen LogP contribution < -0.4 is 5.32 Å². The normalized spacial score (nSPS) is 9.45. The summed E-state index contributed by atoms with van der Waals surface area (Å²) < 4.78 is 0. The van der Waals surface area contributed by atoms with Gasteiger partial charge in [0.15, 0.2) is 5.12 Å². The maximum absolute atomic E-state index is 10.8. The first kappa shape index (κ1) is 14.2. The van der Waals surface area contributed by atoms with E-state index in [9.17, 15) is 4.79 Å². The topological polar surface area (TPSA) is 29.1 Å². The SMILES string of the molecule is CC(=O)SCC#Cc1ccc(Nc2ccccc2)cc1. The first-order chi connectivity index (χ1) is 9.74. The average Bonchev–Trinajstić information content (AvgIpc) is 2.46. The maximum Gasteiger partial charge on any atom is 0.186 e. The quantitative estimate of drug-likeness (QED) is 0.860. The van der Waals surface area contributed by atoms with E-state index < -0.39 is 0 Å². The summed E-state index contributed by atoms with van der Waals surface area (Å²) in [6.45, 7) is 1.55. The lowest BCUT2D eigenvalue weighted by molar-refractivity contribution is -0.109. The van der Waals surface area contributed by atoms with Crippen molar-refractivity contribution in [2.24, 2.45) is 0 Å². The fourth-order valence-electron chi connectivity index (χ4n) is 1.60. The van der Waals surface area contributed by atoms with Gasteiger partial charge in [-0.15, -0.1) is 0 Å². The van der Waals surface area contributed by atoms with Gasteiger partial charge in [0, 0.05) is 23.9 Å². The number of rotatable bonds is 3. The molecule has 0 atom stereocenters. The fraction of sp³-hybridized carbons (Fsp3) is 0.118. The van der Waals surface area contributed by atoms with Crippen molar-refractivity contribution in [2.75, 3.05) is 11.1 Å². The minimum absolute atomic E-state index is 0.0988. The van der Waals surface area contributed by atoms with Crippen molar-refractivity contribution >= 4 is 28.3 Å². The van der Waals surface area contributed by atoms with Gasteiger partial charge in [-0.2, -0.15) is 0 Å². The van der Waals surface area contributed by atoms with Crippen LogP contribution in [-0.2, 0) is 4.79 Å². The Hall–Kier alpha value is -2.18. The van der Waals surface area contributed by atoms with Crippen LogP contribution in [0.4, 0.5) is 11.4 Å². The van der Waals surface area contributed by atoms with Crippen molar-refractivity contribution in [2.45, 2.75) is 6.92 Å². The van der Waals surface area contributed by atoms with Crippen LogP contribution in [0.2, 0.25) is 0 Å². The molecule has 20 heavy (non-hydrogen) atoms. The van der Waals surface area contributed by atoms with Gasteiger partial charge in [-0.3, -0.25) is 4.79 Å². The highest BCUT2D eigenvalue weighted by atomic mass is 32.2. The fourth-order valence-corrected chi connectivity index (χ4v) is 1.95. The predicted molar refractivity (Wildman–Crippen MR) is 86.2 cm³/mol. The molecule has 2 nitrogen and oxygen atoms in total. The number of hydrogen-bond acceptors (Lipinski definition) is 3. The Morgan fingerprint density at radius 3 is 2.35 bits per heavy atom. The van der Waals surface area contributed by atoms with E-state index in [2.05, 4.69) is 17.2 Å². The molecule has 100 valence electrons. The molecule has 0 spiro atoms. The van der Waals surface area contributed by atoms with E-state index in [-0.39, 0.29) is 5.12 Å². The molecule has 2 aromatic carbocycles. The molecule has 3 heteroatoms. The molecule has 0 saturated carbocycles. The second-order valence-corrected chi connectivity index (χ2v) is 5.30. The van der Waals surface area contributed by atoms with Crippen molar-refractivity contribution in [1.82, 2.24) is 0 Å². The summed E-state index contributed by atoms with van der Waals surface area (Å²) >= 11 is 1.23. The molecule has 0 heterocycles. The molecule has 0 amide bonds. The van der Waals surface area contributed by atoms with Crippen LogP contribution in [0.5, 0.6) is 0 Å². The summed E-state index contributed by atoms with van der Waals surface area (Å²) in [7, 11) is 0. The Balaban J connectivity index is 1.94. The molecule has 2 rings (SSSR count). The molecule has 0 aliphatic heterocycles. The van der Waals surface area contributed by atoms with Crippen molar-refractivity contribution < 1.29 is 4.79 Å². The summed E-state index contributed by atoms with van der Waals surface area (Å²) in [6, 6.07) is 17.9. The number of nitrogens with one attached hydrogen (secondary N) is 1. The third-order valence-corrected chi connectivity index (χ3v) is 3.22. The Labute approximate surface area is 123 Å². The third kappa shape index (κ3) is 4.83. The van der Waals surface area contributed by atoms with Gasteiger partial charge in [-0.25, -0.2) is 0 Å². The van der Waals surface area contributed by atoms with E-state index in [1.807, 2.05) is 54.6 Å². The highest BCUT2D eigenvalue weighted by molar-refractivity contribution is 8.13. The van der Waals surface area contributed by atoms with Gasteiger partial charge in [0.2, 0.25) is 0 Å². The summed E-state index contributed by atoms with van der Waals surface area (Å²) in [6.07, 6.45) is 0. The zero-order valence-electron chi connectivity index (χ0n) is 11.2. The number of carbonyl (C=O) groups excluding carboxylic acids is 1. The Morgan fingerprint density at radius 2 is 1.70 bits per heavy atom. The summed E-state index contributed by atoms with van der Waals surface area (Å²) in [5, 5.41) is 3.42. The van der Waals surface area contributed by atoms with Crippen LogP contribution in [-0.4, -0.2) is 10.9 Å². The van der Waals surface area contributed by atoms with E-state index in [4.69, 9.17) is 0 Å². The molecule has 0 fully saturated rings. The Bertz CT molecular complexity index is 624. The summed E-state index contributed by atoms with van der Waals surface area (Å²) in [4.78, 5) is 10.8. The molecule has 0 saturated heterocycles. The van der Waals surface area contributed by atoms with Gasteiger partial charge < -0.3 is 5.32 Å². The van der Waals surface area contributed by atoms with Crippen molar-refractivity contribution in [1.29, 1.82) is 0 Å². The molecule has 0 aliphatic rings. The number of carbonyl (C=O) groups is 1. The van der Waals surface area contributed by atoms with Crippen LogP contribution in [0.3, 0.4) is 0 Å². The summed E-state index contributed by atoms with van der Waals surface area (Å²) in [5.41, 5.74) is 3.04. The second kappa shape index (κ2) is 7.42. The van der Waals surface area contributed by atoms with Crippen LogP contribution >= 0.6 is 11.8 Å². The first-order valence-electron chi connectivity index (χ1n) is 6.28. The van der Waals surface area contributed by atoms with Gasteiger partial charge in [0.1, 0.15) is 0 Å². The number of thioether (sulfide) groups is 1. The van der Waals surface area contributed by atoms with E-state index >= 15 is 0 Å². The predicted octanol–water partition coefficient (Wildman–Crippen LogP) is 4.06. The molecule has 0 aliphatic carbocycles. The number of anilines is 2. The average molecular weight is 281 g/mol. The number of para-hydroxylation sites is 1. The van der Waals surface area contributed by atoms with E-state index in [1.165, 1.54) is 11.8 Å². The van der Waals surface area contributed by atoms with E-state index in [0.717, 1.165) is 16.9 Å². The standard InChI is InChI=1S/C17H15NOS/c1-14(19)20-13-5-6-15-9-11-17(12-10-15)18-16-7-3-2-4-8-16/h2-4,7-12,18H,13H2,1H3. The first-order valence-corrected chi connectivity index (χ1v) is 7.27. The molecule has 0 aromatic heterocycles. The smallest absolute Gasteiger partial charge is 0.186 e. The van der Waals surface area contributed by atoms with Crippen molar-refractivity contribution in [3.05, 3.63) is 60.2 Å². The van der Waals surface area contributed by atoms with Crippen LogP contribution in [0.1, 0.15) is 12.5 Å². The van der Waals surface area contributed by atoms with Crippen LogP contribution in [0.25, 0.3) is 0 Å². The zero-order valence-corrected chi connectivity index (χ0v) is 12.0. The lowest BCUT2D eigenvalue weighted by atomic mass is 10.2. The van der Waals surface area contributed by atoms with Gasteiger partial charge >= 0.3 is 0 Å².